The van der Waals surface area contributed by atoms with Gasteiger partial charge < -0.3 is 10.1 Å². The molecule has 1 atom stereocenters. The SMILES string of the molecule is COc1cccc(C(CC2=CCCCC2)NC(=O)C(F)(F)F)c1. The number of allylic oxidation sites excluding steroid dienone is 1. The Labute approximate surface area is 133 Å². The van der Waals surface area contributed by atoms with Gasteiger partial charge in [0.05, 0.1) is 13.2 Å². The van der Waals surface area contributed by atoms with Gasteiger partial charge in [-0.2, -0.15) is 13.2 Å². The van der Waals surface area contributed by atoms with Crippen molar-refractivity contribution in [2.24, 2.45) is 0 Å². The summed E-state index contributed by atoms with van der Waals surface area (Å²) < 4.78 is 42.9. The van der Waals surface area contributed by atoms with Crippen molar-refractivity contribution in [3.8, 4) is 5.75 Å². The van der Waals surface area contributed by atoms with Crippen molar-refractivity contribution in [1.29, 1.82) is 0 Å². The zero-order valence-electron chi connectivity index (χ0n) is 13.0. The van der Waals surface area contributed by atoms with Crippen molar-refractivity contribution in [3.05, 3.63) is 41.5 Å². The first-order valence-corrected chi connectivity index (χ1v) is 7.59. The summed E-state index contributed by atoms with van der Waals surface area (Å²) in [5, 5.41) is 2.11. The molecule has 0 radical (unpaired) electrons. The first kappa shape index (κ1) is 17.4. The van der Waals surface area contributed by atoms with Gasteiger partial charge in [0, 0.05) is 0 Å². The second-order valence-electron chi connectivity index (χ2n) is 5.61. The summed E-state index contributed by atoms with van der Waals surface area (Å²) in [4.78, 5) is 11.4. The summed E-state index contributed by atoms with van der Waals surface area (Å²) in [6, 6.07) is 6.06. The number of alkyl halides is 3. The van der Waals surface area contributed by atoms with Crippen LogP contribution in [-0.2, 0) is 4.79 Å². The van der Waals surface area contributed by atoms with Crippen molar-refractivity contribution in [1.82, 2.24) is 5.32 Å². The number of methoxy groups -OCH3 is 1. The topological polar surface area (TPSA) is 38.3 Å². The van der Waals surface area contributed by atoms with Crippen molar-refractivity contribution >= 4 is 5.91 Å². The molecule has 1 aromatic carbocycles. The predicted octanol–water partition coefficient (Wildman–Crippen LogP) is 4.31. The molecular formula is C17H20F3NO2. The highest BCUT2D eigenvalue weighted by molar-refractivity contribution is 5.82. The number of rotatable bonds is 5. The average molecular weight is 327 g/mol. The lowest BCUT2D eigenvalue weighted by Crippen LogP contribution is -2.39. The molecule has 1 aromatic rings. The van der Waals surface area contributed by atoms with Gasteiger partial charge in [0.2, 0.25) is 0 Å². The Balaban J connectivity index is 2.22. The van der Waals surface area contributed by atoms with Crippen LogP contribution in [0.25, 0.3) is 0 Å². The summed E-state index contributed by atoms with van der Waals surface area (Å²) in [7, 11) is 1.49. The molecule has 0 heterocycles. The smallest absolute Gasteiger partial charge is 0.471 e. The number of nitrogens with one attached hydrogen (secondary N) is 1. The molecule has 126 valence electrons. The first-order valence-electron chi connectivity index (χ1n) is 7.59. The maximum absolute atomic E-state index is 12.6. The van der Waals surface area contributed by atoms with Gasteiger partial charge in [-0.25, -0.2) is 0 Å². The average Bonchev–Trinajstić information content (AvgIpc) is 2.54. The van der Waals surface area contributed by atoms with E-state index in [1.165, 1.54) is 7.11 Å². The number of halogens is 3. The minimum Gasteiger partial charge on any atom is -0.497 e. The molecule has 0 fully saturated rings. The Bertz CT molecular complexity index is 581. The zero-order valence-corrected chi connectivity index (χ0v) is 13.0. The predicted molar refractivity (Wildman–Crippen MR) is 81.1 cm³/mol. The van der Waals surface area contributed by atoms with Gasteiger partial charge in [-0.1, -0.05) is 23.8 Å². The van der Waals surface area contributed by atoms with Gasteiger partial charge in [-0.05, 0) is 49.8 Å². The molecular weight excluding hydrogens is 307 g/mol. The third kappa shape index (κ3) is 5.01. The lowest BCUT2D eigenvalue weighted by molar-refractivity contribution is -0.174. The van der Waals surface area contributed by atoms with Gasteiger partial charge >= 0.3 is 12.1 Å². The van der Waals surface area contributed by atoms with E-state index in [0.717, 1.165) is 31.3 Å². The van der Waals surface area contributed by atoms with Crippen LogP contribution in [-0.4, -0.2) is 19.2 Å². The largest absolute Gasteiger partial charge is 0.497 e. The summed E-state index contributed by atoms with van der Waals surface area (Å²) in [6.45, 7) is 0. The van der Waals surface area contributed by atoms with Crippen LogP contribution in [0.3, 0.4) is 0 Å². The molecule has 1 N–H and O–H groups in total. The van der Waals surface area contributed by atoms with Crippen LogP contribution in [0, 0.1) is 0 Å². The van der Waals surface area contributed by atoms with Gasteiger partial charge in [-0.15, -0.1) is 0 Å². The van der Waals surface area contributed by atoms with Crippen LogP contribution in [0.5, 0.6) is 5.75 Å². The second kappa shape index (κ2) is 7.53. The van der Waals surface area contributed by atoms with Gasteiger partial charge in [0.1, 0.15) is 5.75 Å². The Morgan fingerprint density at radius 2 is 2.13 bits per heavy atom. The number of hydrogen-bond donors (Lipinski definition) is 1. The van der Waals surface area contributed by atoms with E-state index < -0.39 is 18.1 Å². The first-order chi connectivity index (χ1) is 10.9. The van der Waals surface area contributed by atoms with E-state index in [1.54, 1.807) is 24.3 Å². The lowest BCUT2D eigenvalue weighted by Gasteiger charge is -2.23. The number of carbonyl (C=O) groups is 1. The molecule has 1 unspecified atom stereocenters. The number of hydrogen-bond acceptors (Lipinski definition) is 2. The van der Waals surface area contributed by atoms with Crippen LogP contribution < -0.4 is 10.1 Å². The molecule has 0 aromatic heterocycles. The van der Waals surface area contributed by atoms with Crippen molar-refractivity contribution in [3.63, 3.8) is 0 Å². The highest BCUT2D eigenvalue weighted by Gasteiger charge is 2.40. The van der Waals surface area contributed by atoms with E-state index in [2.05, 4.69) is 11.4 Å². The van der Waals surface area contributed by atoms with E-state index in [1.807, 2.05) is 0 Å². The molecule has 0 saturated carbocycles. The summed E-state index contributed by atoms with van der Waals surface area (Å²) >= 11 is 0. The third-order valence-corrected chi connectivity index (χ3v) is 3.91. The standard InChI is InChI=1S/C17H20F3NO2/c1-23-14-9-5-8-13(11-14)15(21-16(22)17(18,19)20)10-12-6-3-2-4-7-12/h5-6,8-9,11,15H,2-4,7,10H2,1H3,(H,21,22). The van der Waals surface area contributed by atoms with E-state index in [9.17, 15) is 18.0 Å². The van der Waals surface area contributed by atoms with Crippen molar-refractivity contribution in [2.75, 3.05) is 7.11 Å². The Morgan fingerprint density at radius 1 is 1.35 bits per heavy atom. The normalized spacial score (nSPS) is 16.4. The van der Waals surface area contributed by atoms with E-state index in [0.29, 0.717) is 17.7 Å². The van der Waals surface area contributed by atoms with Crippen LogP contribution in [0.4, 0.5) is 13.2 Å². The molecule has 0 saturated heterocycles. The maximum atomic E-state index is 12.6. The zero-order chi connectivity index (χ0) is 16.9. The molecule has 23 heavy (non-hydrogen) atoms. The highest BCUT2D eigenvalue weighted by Crippen LogP contribution is 2.30. The molecule has 1 aliphatic rings. The second-order valence-corrected chi connectivity index (χ2v) is 5.61. The lowest BCUT2D eigenvalue weighted by atomic mass is 9.91. The van der Waals surface area contributed by atoms with Crippen LogP contribution in [0.1, 0.15) is 43.7 Å². The Hall–Kier alpha value is -1.98. The minimum atomic E-state index is -4.89. The fraction of sp³-hybridized carbons (Fsp3) is 0.471. The monoisotopic (exact) mass is 327 g/mol. The van der Waals surface area contributed by atoms with E-state index in [-0.39, 0.29) is 0 Å². The number of amides is 1. The van der Waals surface area contributed by atoms with Crippen molar-refractivity contribution in [2.45, 2.75) is 44.3 Å². The molecule has 0 bridgehead atoms. The quantitative estimate of drug-likeness (QED) is 0.819. The fourth-order valence-corrected chi connectivity index (χ4v) is 2.70. The van der Waals surface area contributed by atoms with E-state index >= 15 is 0 Å². The number of carbonyl (C=O) groups excluding carboxylic acids is 1. The maximum Gasteiger partial charge on any atom is 0.471 e. The fourth-order valence-electron chi connectivity index (χ4n) is 2.70. The molecule has 2 rings (SSSR count). The van der Waals surface area contributed by atoms with Crippen LogP contribution >= 0.6 is 0 Å². The summed E-state index contributed by atoms with van der Waals surface area (Å²) in [5.41, 5.74) is 1.69. The summed E-state index contributed by atoms with van der Waals surface area (Å²) in [6.07, 6.45) is 1.49. The Kier molecular flexibility index (Phi) is 5.69. The van der Waals surface area contributed by atoms with Gasteiger partial charge in [0.25, 0.3) is 0 Å². The number of ether oxygens (including phenoxy) is 1. The van der Waals surface area contributed by atoms with Crippen LogP contribution in [0.15, 0.2) is 35.9 Å². The molecule has 3 nitrogen and oxygen atoms in total. The molecule has 6 heteroatoms. The van der Waals surface area contributed by atoms with Gasteiger partial charge in [0.15, 0.2) is 0 Å². The third-order valence-electron chi connectivity index (χ3n) is 3.91. The number of benzene rings is 1. The molecule has 1 aliphatic carbocycles. The molecule has 0 aliphatic heterocycles. The molecule has 0 spiro atoms. The highest BCUT2D eigenvalue weighted by atomic mass is 19.4. The van der Waals surface area contributed by atoms with E-state index in [4.69, 9.17) is 4.74 Å². The minimum absolute atomic E-state index is 0.384. The van der Waals surface area contributed by atoms with Crippen molar-refractivity contribution < 1.29 is 22.7 Å². The Morgan fingerprint density at radius 3 is 2.74 bits per heavy atom. The summed E-state index contributed by atoms with van der Waals surface area (Å²) in [5.74, 6) is -1.37. The van der Waals surface area contributed by atoms with Gasteiger partial charge in [-0.3, -0.25) is 4.79 Å². The van der Waals surface area contributed by atoms with Crippen LogP contribution in [0.2, 0.25) is 0 Å². The molecule has 1 amide bonds.